The summed E-state index contributed by atoms with van der Waals surface area (Å²) in [5, 5.41) is 2.69. The summed E-state index contributed by atoms with van der Waals surface area (Å²) in [6.45, 7) is 10.3. The number of ether oxygens (including phenoxy) is 2. The van der Waals surface area contributed by atoms with E-state index in [4.69, 9.17) is 9.47 Å². The molecule has 1 N–H and O–H groups in total. The van der Waals surface area contributed by atoms with E-state index in [0.717, 1.165) is 5.56 Å². The van der Waals surface area contributed by atoms with Crippen LogP contribution in [0.1, 0.15) is 53.0 Å². The molecule has 0 radical (unpaired) electrons. The molecule has 0 aliphatic carbocycles. The lowest BCUT2D eigenvalue weighted by Gasteiger charge is -2.22. The predicted octanol–water partition coefficient (Wildman–Crippen LogP) is 4.10. The number of ketones is 1. The molecule has 0 saturated heterocycles. The fourth-order valence-corrected chi connectivity index (χ4v) is 2.38. The van der Waals surface area contributed by atoms with E-state index in [1.807, 2.05) is 37.3 Å². The van der Waals surface area contributed by atoms with Gasteiger partial charge in [-0.2, -0.15) is 0 Å². The number of amides is 1. The van der Waals surface area contributed by atoms with E-state index in [9.17, 15) is 9.59 Å². The van der Waals surface area contributed by atoms with Crippen LogP contribution in [0.15, 0.2) is 30.3 Å². The Labute approximate surface area is 151 Å². The highest BCUT2D eigenvalue weighted by atomic mass is 16.6. The number of carbonyl (C=O) groups excluding carboxylic acids is 2. The Kier molecular flexibility index (Phi) is 8.62. The number of alkyl carbamates (subject to hydrolysis) is 1. The minimum absolute atomic E-state index is 0.111. The second-order valence-corrected chi connectivity index (χ2v) is 7.60. The zero-order valence-electron chi connectivity index (χ0n) is 16.0. The number of rotatable bonds is 9. The molecule has 5 heteroatoms. The third-order valence-electron chi connectivity index (χ3n) is 3.39. The number of hydrogen-bond acceptors (Lipinski definition) is 4. The van der Waals surface area contributed by atoms with E-state index < -0.39 is 11.7 Å². The van der Waals surface area contributed by atoms with Gasteiger partial charge in [0.05, 0.1) is 6.61 Å². The molecule has 0 aromatic heterocycles. The molecule has 140 valence electrons. The Morgan fingerprint density at radius 2 is 1.72 bits per heavy atom. The van der Waals surface area contributed by atoms with Crippen molar-refractivity contribution in [1.29, 1.82) is 0 Å². The molecule has 0 saturated carbocycles. The first-order valence-electron chi connectivity index (χ1n) is 8.78. The van der Waals surface area contributed by atoms with Crippen molar-refractivity contribution in [1.82, 2.24) is 5.32 Å². The van der Waals surface area contributed by atoms with E-state index in [1.54, 1.807) is 27.7 Å². The van der Waals surface area contributed by atoms with Gasteiger partial charge in [-0.05, 0) is 39.2 Å². The molecule has 0 heterocycles. The van der Waals surface area contributed by atoms with Crippen molar-refractivity contribution in [3.63, 3.8) is 0 Å². The lowest BCUT2D eigenvalue weighted by atomic mass is 10.0. The SMILES string of the molecule is CC(COCc1ccccc1)CC(=O)C[C@@H](C)NC(=O)OC(C)(C)C. The first-order chi connectivity index (χ1) is 11.7. The maximum absolute atomic E-state index is 12.1. The smallest absolute Gasteiger partial charge is 0.407 e. The fraction of sp³-hybridized carbons (Fsp3) is 0.600. The van der Waals surface area contributed by atoms with Gasteiger partial charge < -0.3 is 14.8 Å². The molecule has 0 spiro atoms. The first-order valence-corrected chi connectivity index (χ1v) is 8.78. The Bertz CT molecular complexity index is 536. The molecule has 2 atom stereocenters. The summed E-state index contributed by atoms with van der Waals surface area (Å²) in [5.41, 5.74) is 0.578. The zero-order chi connectivity index (χ0) is 18.9. The summed E-state index contributed by atoms with van der Waals surface area (Å²) in [5.74, 6) is 0.254. The van der Waals surface area contributed by atoms with Gasteiger partial charge in [0.15, 0.2) is 0 Å². The zero-order valence-corrected chi connectivity index (χ0v) is 16.0. The van der Waals surface area contributed by atoms with Crippen LogP contribution >= 0.6 is 0 Å². The Balaban J connectivity index is 2.22. The highest BCUT2D eigenvalue weighted by Crippen LogP contribution is 2.10. The monoisotopic (exact) mass is 349 g/mol. The number of hydrogen-bond donors (Lipinski definition) is 1. The Morgan fingerprint density at radius 3 is 2.32 bits per heavy atom. The van der Waals surface area contributed by atoms with Gasteiger partial charge in [-0.15, -0.1) is 0 Å². The summed E-state index contributed by atoms with van der Waals surface area (Å²) in [7, 11) is 0. The molecule has 1 unspecified atom stereocenters. The largest absolute Gasteiger partial charge is 0.444 e. The van der Waals surface area contributed by atoms with Crippen molar-refractivity contribution in [3.05, 3.63) is 35.9 Å². The van der Waals surface area contributed by atoms with Crippen molar-refractivity contribution in [2.75, 3.05) is 6.61 Å². The number of nitrogens with one attached hydrogen (secondary N) is 1. The van der Waals surface area contributed by atoms with Gasteiger partial charge in [0.25, 0.3) is 0 Å². The van der Waals surface area contributed by atoms with E-state index in [1.165, 1.54) is 0 Å². The maximum Gasteiger partial charge on any atom is 0.407 e. The van der Waals surface area contributed by atoms with Crippen LogP contribution in [0.5, 0.6) is 0 Å². The maximum atomic E-state index is 12.1. The highest BCUT2D eigenvalue weighted by molar-refractivity contribution is 5.80. The molecule has 0 aliphatic heterocycles. The van der Waals surface area contributed by atoms with Crippen LogP contribution in [0.25, 0.3) is 0 Å². The molecule has 0 bridgehead atoms. The molecule has 1 aromatic carbocycles. The molecule has 25 heavy (non-hydrogen) atoms. The van der Waals surface area contributed by atoms with Gasteiger partial charge in [0, 0.05) is 25.5 Å². The summed E-state index contributed by atoms with van der Waals surface area (Å²) in [6, 6.07) is 9.70. The summed E-state index contributed by atoms with van der Waals surface area (Å²) < 4.78 is 10.8. The van der Waals surface area contributed by atoms with Crippen molar-refractivity contribution in [2.24, 2.45) is 5.92 Å². The average molecular weight is 349 g/mol. The van der Waals surface area contributed by atoms with Gasteiger partial charge in [0.2, 0.25) is 0 Å². The first kappa shape index (κ1) is 21.2. The molecule has 1 amide bonds. The van der Waals surface area contributed by atoms with Crippen molar-refractivity contribution >= 4 is 11.9 Å². The van der Waals surface area contributed by atoms with Gasteiger partial charge in [-0.1, -0.05) is 37.3 Å². The van der Waals surface area contributed by atoms with Gasteiger partial charge >= 0.3 is 6.09 Å². The predicted molar refractivity (Wildman–Crippen MR) is 98.3 cm³/mol. The number of benzene rings is 1. The topological polar surface area (TPSA) is 64.6 Å². The second kappa shape index (κ2) is 10.2. The summed E-state index contributed by atoms with van der Waals surface area (Å²) in [6.07, 6.45) is 0.240. The van der Waals surface area contributed by atoms with E-state index in [-0.39, 0.29) is 17.7 Å². The lowest BCUT2D eigenvalue weighted by Crippen LogP contribution is -2.38. The van der Waals surface area contributed by atoms with E-state index in [0.29, 0.717) is 26.1 Å². The molecule has 5 nitrogen and oxygen atoms in total. The van der Waals surface area contributed by atoms with Crippen LogP contribution < -0.4 is 5.32 Å². The minimum Gasteiger partial charge on any atom is -0.444 e. The van der Waals surface area contributed by atoms with Crippen LogP contribution in [0, 0.1) is 5.92 Å². The summed E-state index contributed by atoms with van der Waals surface area (Å²) >= 11 is 0. The molecule has 1 rings (SSSR count). The third-order valence-corrected chi connectivity index (χ3v) is 3.39. The molecular weight excluding hydrogens is 318 g/mol. The molecule has 0 aliphatic rings. The van der Waals surface area contributed by atoms with Crippen LogP contribution in [-0.2, 0) is 20.9 Å². The quantitative estimate of drug-likeness (QED) is 0.729. The normalized spacial score (nSPS) is 13.8. The average Bonchev–Trinajstić information content (AvgIpc) is 2.45. The Morgan fingerprint density at radius 1 is 1.08 bits per heavy atom. The van der Waals surface area contributed by atoms with E-state index in [2.05, 4.69) is 5.32 Å². The van der Waals surface area contributed by atoms with Crippen LogP contribution in [0.3, 0.4) is 0 Å². The van der Waals surface area contributed by atoms with Gasteiger partial charge in [-0.25, -0.2) is 4.79 Å². The van der Waals surface area contributed by atoms with Crippen LogP contribution in [0.4, 0.5) is 4.79 Å². The van der Waals surface area contributed by atoms with Crippen LogP contribution in [-0.4, -0.2) is 30.1 Å². The molecular formula is C20H31NO4. The van der Waals surface area contributed by atoms with Crippen molar-refractivity contribution in [2.45, 2.75) is 65.7 Å². The van der Waals surface area contributed by atoms with Crippen molar-refractivity contribution < 1.29 is 19.1 Å². The van der Waals surface area contributed by atoms with E-state index >= 15 is 0 Å². The van der Waals surface area contributed by atoms with Crippen molar-refractivity contribution in [3.8, 4) is 0 Å². The number of Topliss-reactive ketones (excluding diaryl/α,β-unsaturated/α-hetero) is 1. The standard InChI is InChI=1S/C20H31NO4/c1-15(13-24-14-17-9-7-6-8-10-17)11-18(22)12-16(2)21-19(23)25-20(3,4)5/h6-10,15-16H,11-14H2,1-5H3,(H,21,23)/t15?,16-/m1/s1. The second-order valence-electron chi connectivity index (χ2n) is 7.60. The fourth-order valence-electron chi connectivity index (χ4n) is 2.38. The third kappa shape index (κ3) is 10.6. The van der Waals surface area contributed by atoms with Gasteiger partial charge in [0.1, 0.15) is 11.4 Å². The highest BCUT2D eigenvalue weighted by Gasteiger charge is 2.19. The molecule has 1 aromatic rings. The van der Waals surface area contributed by atoms with Crippen LogP contribution in [0.2, 0.25) is 0 Å². The van der Waals surface area contributed by atoms with Gasteiger partial charge in [-0.3, -0.25) is 4.79 Å². The number of carbonyl (C=O) groups is 2. The lowest BCUT2D eigenvalue weighted by molar-refractivity contribution is -0.120. The minimum atomic E-state index is -0.543. The molecule has 0 fully saturated rings. The Hall–Kier alpha value is -1.88. The summed E-state index contributed by atoms with van der Waals surface area (Å²) in [4.78, 5) is 23.8.